The fourth-order valence-electron chi connectivity index (χ4n) is 4.31. The number of ether oxygens (including phenoxy) is 4. The van der Waals surface area contributed by atoms with Crippen LogP contribution < -0.4 is 29.7 Å². The van der Waals surface area contributed by atoms with Crippen LogP contribution in [0.4, 0.5) is 5.69 Å². The van der Waals surface area contributed by atoms with Crippen LogP contribution >= 0.6 is 0 Å². The second-order valence-corrected chi connectivity index (χ2v) is 8.86. The van der Waals surface area contributed by atoms with E-state index in [1.165, 1.54) is 20.4 Å². The van der Waals surface area contributed by atoms with E-state index in [1.54, 1.807) is 47.0 Å². The fourth-order valence-corrected chi connectivity index (χ4v) is 4.31. The summed E-state index contributed by atoms with van der Waals surface area (Å²) in [6.45, 7) is 2.45. The molecule has 0 radical (unpaired) electrons. The van der Waals surface area contributed by atoms with Gasteiger partial charge in [0.2, 0.25) is 11.3 Å². The predicted molar refractivity (Wildman–Crippen MR) is 142 cm³/mol. The topological polar surface area (TPSA) is 105 Å². The minimum atomic E-state index is -0.447. The van der Waals surface area contributed by atoms with Gasteiger partial charge in [-0.1, -0.05) is 29.8 Å². The van der Waals surface area contributed by atoms with Gasteiger partial charge in [-0.3, -0.25) is 14.4 Å². The molecule has 0 aliphatic carbocycles. The Balaban J connectivity index is 1.57. The molecular weight excluding hydrogens is 488 g/mol. The van der Waals surface area contributed by atoms with Gasteiger partial charge in [0, 0.05) is 41.7 Å². The van der Waals surface area contributed by atoms with E-state index in [-0.39, 0.29) is 23.4 Å². The van der Waals surface area contributed by atoms with E-state index in [9.17, 15) is 14.4 Å². The lowest BCUT2D eigenvalue weighted by Crippen LogP contribution is -2.25. The first kappa shape index (κ1) is 24.9. The second kappa shape index (κ2) is 10.3. The van der Waals surface area contributed by atoms with Crippen LogP contribution in [0, 0.1) is 6.92 Å². The maximum atomic E-state index is 13.5. The van der Waals surface area contributed by atoms with Gasteiger partial charge in [-0.05, 0) is 13.0 Å². The zero-order chi connectivity index (χ0) is 26.8. The summed E-state index contributed by atoms with van der Waals surface area (Å²) in [7, 11) is 3.04. The number of aromatic nitrogens is 1. The number of ketones is 1. The summed E-state index contributed by atoms with van der Waals surface area (Å²) in [5.74, 6) is 1.10. The molecule has 0 unspecified atom stereocenters. The van der Waals surface area contributed by atoms with E-state index in [0.717, 1.165) is 5.56 Å². The van der Waals surface area contributed by atoms with Gasteiger partial charge in [0.15, 0.2) is 17.3 Å². The molecule has 1 N–H and O–H groups in total. The summed E-state index contributed by atoms with van der Waals surface area (Å²) >= 11 is 0. The molecular formula is C29H26N2O7. The highest BCUT2D eigenvalue weighted by molar-refractivity contribution is 6.10. The number of carbonyl (C=O) groups is 2. The normalized spacial score (nSPS) is 12.2. The number of methoxy groups -OCH3 is 2. The van der Waals surface area contributed by atoms with Gasteiger partial charge in [0.05, 0.1) is 30.7 Å². The average molecular weight is 515 g/mol. The molecule has 194 valence electrons. The molecule has 1 aromatic heterocycles. The predicted octanol–water partition coefficient (Wildman–Crippen LogP) is 3.97. The number of rotatable bonds is 7. The van der Waals surface area contributed by atoms with Crippen LogP contribution in [0.5, 0.6) is 23.0 Å². The van der Waals surface area contributed by atoms with Crippen LogP contribution in [0.2, 0.25) is 0 Å². The number of benzene rings is 3. The molecule has 0 saturated carbocycles. The summed E-state index contributed by atoms with van der Waals surface area (Å²) in [4.78, 5) is 40.0. The van der Waals surface area contributed by atoms with E-state index < -0.39 is 11.2 Å². The Morgan fingerprint density at radius 2 is 1.55 bits per heavy atom. The van der Waals surface area contributed by atoms with Crippen LogP contribution in [-0.2, 0) is 11.3 Å². The minimum absolute atomic E-state index is 0.0473. The van der Waals surface area contributed by atoms with Crippen molar-refractivity contribution in [2.24, 2.45) is 0 Å². The summed E-state index contributed by atoms with van der Waals surface area (Å²) in [5, 5.41) is 3.08. The van der Waals surface area contributed by atoms with E-state index in [2.05, 4.69) is 5.32 Å². The number of nitrogens with zero attached hydrogens (tertiary/aromatic N) is 1. The minimum Gasteiger partial charge on any atom is -0.497 e. The third-order valence-corrected chi connectivity index (χ3v) is 6.25. The first-order valence-corrected chi connectivity index (χ1v) is 12.0. The monoisotopic (exact) mass is 514 g/mol. The van der Waals surface area contributed by atoms with E-state index >= 15 is 0 Å². The van der Waals surface area contributed by atoms with Gasteiger partial charge in [-0.25, -0.2) is 0 Å². The van der Waals surface area contributed by atoms with Crippen molar-refractivity contribution in [2.45, 2.75) is 13.5 Å². The van der Waals surface area contributed by atoms with E-state index in [1.807, 2.05) is 19.1 Å². The van der Waals surface area contributed by atoms with Crippen LogP contribution in [0.15, 0.2) is 65.6 Å². The van der Waals surface area contributed by atoms with Gasteiger partial charge in [-0.2, -0.15) is 0 Å². The molecule has 1 aliphatic heterocycles. The molecule has 38 heavy (non-hydrogen) atoms. The van der Waals surface area contributed by atoms with Crippen molar-refractivity contribution in [3.05, 3.63) is 87.7 Å². The molecule has 2 heterocycles. The standard InChI is InChI=1S/C29H26N2O7/c1-17-4-6-18(7-5-17)28(33)23-15-31(16-27(32)30-19-10-20(35-2)12-21(11-19)36-3)24-14-26-25(37-8-9-38-26)13-22(24)29(23)34/h4-7,10-15H,8-9,16H2,1-3H3,(H,30,32). The first-order valence-electron chi connectivity index (χ1n) is 12.0. The third kappa shape index (κ3) is 4.90. The first-order chi connectivity index (χ1) is 18.4. The van der Waals surface area contributed by atoms with Crippen molar-refractivity contribution >= 4 is 28.3 Å². The van der Waals surface area contributed by atoms with Crippen molar-refractivity contribution in [1.29, 1.82) is 0 Å². The summed E-state index contributed by atoms with van der Waals surface area (Å²) in [6, 6.07) is 15.2. The molecule has 4 aromatic rings. The smallest absolute Gasteiger partial charge is 0.244 e. The van der Waals surface area contributed by atoms with Gasteiger partial charge >= 0.3 is 0 Å². The Morgan fingerprint density at radius 1 is 0.921 bits per heavy atom. The Kier molecular flexibility index (Phi) is 6.74. The zero-order valence-electron chi connectivity index (χ0n) is 21.2. The lowest BCUT2D eigenvalue weighted by molar-refractivity contribution is -0.116. The Morgan fingerprint density at radius 3 is 2.18 bits per heavy atom. The number of carbonyl (C=O) groups excluding carboxylic acids is 2. The van der Waals surface area contributed by atoms with Gasteiger partial charge in [0.25, 0.3) is 0 Å². The van der Waals surface area contributed by atoms with E-state index in [0.29, 0.717) is 53.0 Å². The highest BCUT2D eigenvalue weighted by atomic mass is 16.6. The molecule has 0 atom stereocenters. The molecule has 0 bridgehead atoms. The Labute approximate surface area is 218 Å². The Hall–Kier alpha value is -4.79. The van der Waals surface area contributed by atoms with Crippen LogP contribution in [-0.4, -0.2) is 43.7 Å². The molecule has 9 nitrogen and oxygen atoms in total. The number of nitrogens with one attached hydrogen (secondary N) is 1. The van der Waals surface area contributed by atoms with Crippen LogP contribution in [0.25, 0.3) is 10.9 Å². The largest absolute Gasteiger partial charge is 0.497 e. The number of aryl methyl sites for hydroxylation is 1. The average Bonchev–Trinajstić information content (AvgIpc) is 2.93. The maximum Gasteiger partial charge on any atom is 0.244 e. The molecule has 0 saturated heterocycles. The van der Waals surface area contributed by atoms with Crippen molar-refractivity contribution in [3.8, 4) is 23.0 Å². The lowest BCUT2D eigenvalue weighted by atomic mass is 10.0. The molecule has 1 amide bonds. The second-order valence-electron chi connectivity index (χ2n) is 8.86. The van der Waals surface area contributed by atoms with Gasteiger partial charge < -0.3 is 28.8 Å². The number of hydrogen-bond donors (Lipinski definition) is 1. The molecule has 0 spiro atoms. The number of pyridine rings is 1. The molecule has 1 aliphatic rings. The quantitative estimate of drug-likeness (QED) is 0.372. The summed E-state index contributed by atoms with van der Waals surface area (Å²) < 4.78 is 23.5. The van der Waals surface area contributed by atoms with Crippen molar-refractivity contribution in [3.63, 3.8) is 0 Å². The SMILES string of the molecule is COc1cc(NC(=O)Cn2cc(C(=O)c3ccc(C)cc3)c(=O)c3cc4c(cc32)OCCO4)cc(OC)c1. The van der Waals surface area contributed by atoms with Crippen molar-refractivity contribution in [2.75, 3.05) is 32.8 Å². The van der Waals surface area contributed by atoms with Gasteiger partial charge in [0.1, 0.15) is 31.3 Å². The van der Waals surface area contributed by atoms with Crippen molar-refractivity contribution in [1.82, 2.24) is 4.57 Å². The molecule has 3 aromatic carbocycles. The van der Waals surface area contributed by atoms with Gasteiger partial charge in [-0.15, -0.1) is 0 Å². The molecule has 9 heteroatoms. The van der Waals surface area contributed by atoms with E-state index in [4.69, 9.17) is 18.9 Å². The fraction of sp³-hybridized carbons (Fsp3) is 0.207. The zero-order valence-corrected chi connectivity index (χ0v) is 21.2. The number of hydrogen-bond acceptors (Lipinski definition) is 7. The molecule has 5 rings (SSSR count). The maximum absolute atomic E-state index is 13.5. The summed E-state index contributed by atoms with van der Waals surface area (Å²) in [5.41, 5.74) is 1.79. The number of amides is 1. The molecule has 0 fully saturated rings. The summed E-state index contributed by atoms with van der Waals surface area (Å²) in [6.07, 6.45) is 1.43. The van der Waals surface area contributed by atoms with Crippen LogP contribution in [0.1, 0.15) is 21.5 Å². The highest BCUT2D eigenvalue weighted by Gasteiger charge is 2.22. The van der Waals surface area contributed by atoms with Crippen LogP contribution in [0.3, 0.4) is 0 Å². The lowest BCUT2D eigenvalue weighted by Gasteiger charge is -2.20. The Bertz CT molecular complexity index is 1580. The number of anilines is 1. The number of fused-ring (bicyclic) bond motifs is 2. The highest BCUT2D eigenvalue weighted by Crippen LogP contribution is 2.34. The van der Waals surface area contributed by atoms with Crippen molar-refractivity contribution < 1.29 is 28.5 Å². The third-order valence-electron chi connectivity index (χ3n) is 6.25.